The number of fused-ring (bicyclic) bond motifs is 10. The molecule has 0 N–H and O–H groups in total. The van der Waals surface area contributed by atoms with Crippen molar-refractivity contribution in [2.45, 2.75) is 87.0 Å². The molecular weight excluding hydrogens is 747 g/mol. The third kappa shape index (κ3) is 5.16. The van der Waals surface area contributed by atoms with Gasteiger partial charge in [0.25, 0.3) is 0 Å². The Labute approximate surface area is 352 Å². The van der Waals surface area contributed by atoms with Gasteiger partial charge in [-0.15, -0.1) is 0 Å². The largest absolute Gasteiger partial charge is 0.486 e. The molecule has 0 unspecified atom stereocenters. The number of benzene rings is 5. The van der Waals surface area contributed by atoms with Crippen molar-refractivity contribution < 1.29 is 27.8 Å². The molecule has 11 rings (SSSR count). The number of rotatable bonds is 2. The standard InChI is InChI=1S/C51H51BN2O6/c1-26-20-35-41-36(21-26)54(43-28(3)23-40-47(30(43)5)58-19-17-56-40)45-34-25-32(51(9,10)11)13-15-38(34)60-49(45)52(41)48-44(33-24-31(50(6,7)8)12-14-37(33)59-48)53(35)42-27(2)22-39-46(29(42)4)57-18-16-55-39/h12-15,20-25H,16-19H2,1-11H3. The number of ether oxygens (including phenoxy) is 4. The topological polar surface area (TPSA) is 69.7 Å². The van der Waals surface area contributed by atoms with Gasteiger partial charge in [0.05, 0.1) is 22.7 Å². The van der Waals surface area contributed by atoms with Crippen LogP contribution in [0.25, 0.3) is 21.9 Å². The number of furan rings is 2. The van der Waals surface area contributed by atoms with Gasteiger partial charge in [-0.3, -0.25) is 0 Å². The lowest BCUT2D eigenvalue weighted by atomic mass is 9.37. The van der Waals surface area contributed by atoms with Crippen LogP contribution in [0.5, 0.6) is 23.0 Å². The summed E-state index contributed by atoms with van der Waals surface area (Å²) in [5.41, 5.74) is 18.5. The van der Waals surface area contributed by atoms with E-state index in [1.165, 1.54) is 11.1 Å². The minimum Gasteiger partial charge on any atom is -0.486 e. The van der Waals surface area contributed by atoms with Gasteiger partial charge in [-0.1, -0.05) is 53.7 Å². The van der Waals surface area contributed by atoms with Crippen LogP contribution in [0.3, 0.4) is 0 Å². The van der Waals surface area contributed by atoms with Gasteiger partial charge in [0, 0.05) is 33.3 Å². The Kier molecular flexibility index (Phi) is 7.75. The SMILES string of the molecule is Cc1cc2c3c(c1)N(c1c(C)cc4c(c1C)OCCO4)c1c(oc4ccc(C(C)(C)C)cc14)B3c1oc3ccc(C(C)(C)C)cc3c1N2c1c(C)cc2c(c1C)OCCO2. The highest BCUT2D eigenvalue weighted by molar-refractivity contribution is 6.99. The maximum atomic E-state index is 7.26. The Bertz CT molecular complexity index is 2800. The summed E-state index contributed by atoms with van der Waals surface area (Å²) in [5, 5.41) is 2.13. The zero-order valence-electron chi connectivity index (χ0n) is 36.5. The number of anilines is 6. The van der Waals surface area contributed by atoms with Crippen molar-refractivity contribution in [3.63, 3.8) is 0 Å². The van der Waals surface area contributed by atoms with Crippen molar-refractivity contribution in [3.8, 4) is 23.0 Å². The van der Waals surface area contributed by atoms with E-state index in [1.54, 1.807) is 0 Å². The lowest BCUT2D eigenvalue weighted by Crippen LogP contribution is -2.60. The summed E-state index contributed by atoms with van der Waals surface area (Å²) in [6, 6.07) is 22.3. The Morgan fingerprint density at radius 1 is 0.500 bits per heavy atom. The van der Waals surface area contributed by atoms with Crippen LogP contribution in [0.4, 0.5) is 34.1 Å². The Morgan fingerprint density at radius 2 is 0.917 bits per heavy atom. The fourth-order valence-corrected chi connectivity index (χ4v) is 10.2. The first-order chi connectivity index (χ1) is 28.6. The van der Waals surface area contributed by atoms with Gasteiger partial charge >= 0.3 is 6.71 Å². The van der Waals surface area contributed by atoms with E-state index in [0.29, 0.717) is 26.4 Å². The smallest absolute Gasteiger partial charge is 0.342 e. The molecule has 0 saturated carbocycles. The molecule has 60 heavy (non-hydrogen) atoms. The van der Waals surface area contributed by atoms with Crippen LogP contribution in [0.2, 0.25) is 0 Å². The monoisotopic (exact) mass is 798 g/mol. The van der Waals surface area contributed by atoms with Crippen LogP contribution >= 0.6 is 0 Å². The van der Waals surface area contributed by atoms with Gasteiger partial charge in [-0.25, -0.2) is 0 Å². The van der Waals surface area contributed by atoms with E-state index in [1.807, 2.05) is 0 Å². The van der Waals surface area contributed by atoms with E-state index in [2.05, 4.69) is 147 Å². The molecule has 4 aliphatic rings. The average molecular weight is 799 g/mol. The minimum atomic E-state index is -0.347. The number of nitrogens with zero attached hydrogens (tertiary/aromatic N) is 2. The molecule has 0 radical (unpaired) electrons. The van der Waals surface area contributed by atoms with Gasteiger partial charge in [-0.05, 0) is 127 Å². The summed E-state index contributed by atoms with van der Waals surface area (Å²) in [7, 11) is 0. The fourth-order valence-electron chi connectivity index (χ4n) is 10.2. The molecule has 0 fully saturated rings. The number of hydrogen-bond acceptors (Lipinski definition) is 8. The summed E-state index contributed by atoms with van der Waals surface area (Å²) >= 11 is 0. The molecule has 0 saturated heterocycles. The lowest BCUT2D eigenvalue weighted by Gasteiger charge is -2.42. The Hall–Kier alpha value is -5.96. The Morgan fingerprint density at radius 3 is 1.33 bits per heavy atom. The zero-order chi connectivity index (χ0) is 41.7. The third-order valence-corrected chi connectivity index (χ3v) is 13.0. The van der Waals surface area contributed by atoms with Crippen LogP contribution in [-0.4, -0.2) is 33.1 Å². The van der Waals surface area contributed by atoms with Crippen molar-refractivity contribution in [1.29, 1.82) is 0 Å². The van der Waals surface area contributed by atoms with Crippen molar-refractivity contribution in [1.82, 2.24) is 0 Å². The second-order valence-electron chi connectivity index (χ2n) is 19.3. The molecule has 5 aromatic carbocycles. The summed E-state index contributed by atoms with van der Waals surface area (Å²) in [4.78, 5) is 4.90. The van der Waals surface area contributed by atoms with E-state index in [-0.39, 0.29) is 17.5 Å². The number of aryl methyl sites for hydroxylation is 3. The molecule has 4 aliphatic heterocycles. The summed E-state index contributed by atoms with van der Waals surface area (Å²) in [6.07, 6.45) is 0. The predicted molar refractivity (Wildman–Crippen MR) is 243 cm³/mol. The second kappa shape index (κ2) is 12.5. The first kappa shape index (κ1) is 37.1. The van der Waals surface area contributed by atoms with E-state index < -0.39 is 0 Å². The predicted octanol–water partition coefficient (Wildman–Crippen LogP) is 10.9. The minimum absolute atomic E-state index is 0.0797. The molecule has 0 spiro atoms. The molecule has 0 aliphatic carbocycles. The molecule has 9 heteroatoms. The van der Waals surface area contributed by atoms with Crippen molar-refractivity contribution in [2.75, 3.05) is 36.2 Å². The van der Waals surface area contributed by atoms with Gasteiger partial charge < -0.3 is 37.6 Å². The summed E-state index contributed by atoms with van der Waals surface area (Å²) in [5.74, 6) is 3.14. The molecule has 0 atom stereocenters. The third-order valence-electron chi connectivity index (χ3n) is 13.0. The molecule has 0 amide bonds. The van der Waals surface area contributed by atoms with Crippen molar-refractivity contribution in [3.05, 3.63) is 99.6 Å². The van der Waals surface area contributed by atoms with Gasteiger partial charge in [-0.2, -0.15) is 0 Å². The molecular formula is C51H51BN2O6. The van der Waals surface area contributed by atoms with Gasteiger partial charge in [0.15, 0.2) is 23.0 Å². The van der Waals surface area contributed by atoms with Gasteiger partial charge in [0.2, 0.25) is 0 Å². The maximum absolute atomic E-state index is 7.26. The highest BCUT2D eigenvalue weighted by atomic mass is 16.6. The lowest BCUT2D eigenvalue weighted by molar-refractivity contribution is 0.170. The van der Waals surface area contributed by atoms with Crippen LogP contribution < -0.4 is 45.5 Å². The average Bonchev–Trinajstić information content (AvgIpc) is 3.77. The highest BCUT2D eigenvalue weighted by Gasteiger charge is 2.51. The maximum Gasteiger partial charge on any atom is 0.342 e. The van der Waals surface area contributed by atoms with Crippen molar-refractivity contribution in [2.24, 2.45) is 0 Å². The van der Waals surface area contributed by atoms with Crippen LogP contribution in [0.1, 0.15) is 80.5 Å². The van der Waals surface area contributed by atoms with E-state index >= 15 is 0 Å². The summed E-state index contributed by atoms with van der Waals surface area (Å²) in [6.45, 7) is 26.2. The van der Waals surface area contributed by atoms with Gasteiger partial charge in [0.1, 0.15) is 48.9 Å². The van der Waals surface area contributed by atoms with Crippen LogP contribution in [0, 0.1) is 34.6 Å². The Balaban J connectivity index is 1.30. The van der Waals surface area contributed by atoms with Crippen LogP contribution in [-0.2, 0) is 10.8 Å². The first-order valence-corrected chi connectivity index (χ1v) is 21.3. The molecule has 304 valence electrons. The first-order valence-electron chi connectivity index (χ1n) is 21.3. The van der Waals surface area contributed by atoms with Crippen molar-refractivity contribution >= 4 is 79.6 Å². The molecule has 0 bridgehead atoms. The fraction of sp³-hybridized carbons (Fsp3) is 0.333. The number of hydrogen-bond donors (Lipinski definition) is 0. The second-order valence-corrected chi connectivity index (χ2v) is 19.3. The summed E-state index contributed by atoms with van der Waals surface area (Å²) < 4.78 is 39.7. The van der Waals surface area contributed by atoms with E-state index in [0.717, 1.165) is 124 Å². The molecule has 7 aromatic rings. The quantitative estimate of drug-likeness (QED) is 0.160. The molecule has 8 nitrogen and oxygen atoms in total. The molecule has 2 aromatic heterocycles. The zero-order valence-corrected chi connectivity index (χ0v) is 36.5. The highest BCUT2D eigenvalue weighted by Crippen LogP contribution is 2.54. The van der Waals surface area contributed by atoms with Crippen LogP contribution in [0.15, 0.2) is 69.5 Å². The molecule has 6 heterocycles. The van der Waals surface area contributed by atoms with E-state index in [9.17, 15) is 0 Å². The normalized spacial score (nSPS) is 15.4. The van der Waals surface area contributed by atoms with E-state index in [4.69, 9.17) is 27.8 Å².